The van der Waals surface area contributed by atoms with Gasteiger partial charge in [0.15, 0.2) is 5.82 Å². The molecule has 0 bridgehead atoms. The van der Waals surface area contributed by atoms with E-state index < -0.39 is 71.2 Å². The van der Waals surface area contributed by atoms with Crippen molar-refractivity contribution < 1.29 is 35.8 Å². The maximum absolute atomic E-state index is 14.9. The van der Waals surface area contributed by atoms with Crippen molar-refractivity contribution in [2.75, 3.05) is 11.9 Å². The van der Waals surface area contributed by atoms with E-state index in [1.54, 1.807) is 5.10 Å². The van der Waals surface area contributed by atoms with Crippen molar-refractivity contribution in [2.45, 2.75) is 44.2 Å². The van der Waals surface area contributed by atoms with Gasteiger partial charge in [-0.2, -0.15) is 27.1 Å². The van der Waals surface area contributed by atoms with Crippen molar-refractivity contribution in [1.82, 2.24) is 24.7 Å². The van der Waals surface area contributed by atoms with Crippen LogP contribution in [0.1, 0.15) is 24.5 Å². The van der Waals surface area contributed by atoms with Gasteiger partial charge in [-0.15, -0.1) is 0 Å². The molecule has 3 heterocycles. The highest BCUT2D eigenvalue weighted by Gasteiger charge is 2.37. The van der Waals surface area contributed by atoms with Gasteiger partial charge < -0.3 is 15.0 Å². The molecular weight excluding hydrogens is 565 g/mol. The van der Waals surface area contributed by atoms with Gasteiger partial charge in [-0.1, -0.05) is 0 Å². The minimum atomic E-state index is -4.98. The molecule has 16 heteroatoms. The molecule has 0 saturated heterocycles. The van der Waals surface area contributed by atoms with Gasteiger partial charge in [0, 0.05) is 31.1 Å². The number of alkyl halides is 6. The Balaban J connectivity index is 1.51. The molecule has 9 nitrogen and oxygen atoms in total. The standard InChI is InChI=1S/C25H21F7N6O3/c1-12(36-19-9-35-37-22(40)20(19)25(30,31)32)4-15(26)10-38-3-2-13-5-17(18(27)6-16(13)23(38)41)21-33-7-14(8-34-21)24(28,29)11-39/h2-3,5-9,12,15,39H,4,10-11H2,1H3,(H2,36,37,40). The Labute approximate surface area is 225 Å². The number of hydrogen-bond acceptors (Lipinski definition) is 7. The Morgan fingerprint density at radius 1 is 1.10 bits per heavy atom. The predicted octanol–water partition coefficient (Wildman–Crippen LogP) is 4.01. The lowest BCUT2D eigenvalue weighted by Gasteiger charge is -2.20. The minimum Gasteiger partial charge on any atom is -0.390 e. The van der Waals surface area contributed by atoms with Crippen molar-refractivity contribution in [1.29, 1.82) is 0 Å². The first-order chi connectivity index (χ1) is 19.2. The molecule has 0 aliphatic carbocycles. The monoisotopic (exact) mass is 586 g/mol. The Kier molecular flexibility index (Phi) is 8.15. The van der Waals surface area contributed by atoms with E-state index in [4.69, 9.17) is 5.11 Å². The Morgan fingerprint density at radius 2 is 1.78 bits per heavy atom. The molecule has 0 aliphatic heterocycles. The summed E-state index contributed by atoms with van der Waals surface area (Å²) in [6.07, 6.45) is -3.58. The summed E-state index contributed by atoms with van der Waals surface area (Å²) in [7, 11) is 0. The summed E-state index contributed by atoms with van der Waals surface area (Å²) >= 11 is 0. The van der Waals surface area contributed by atoms with Crippen LogP contribution >= 0.6 is 0 Å². The van der Waals surface area contributed by atoms with Gasteiger partial charge in [0.05, 0.1) is 34.9 Å². The summed E-state index contributed by atoms with van der Waals surface area (Å²) in [6, 6.07) is 2.58. The average Bonchev–Trinajstić information content (AvgIpc) is 2.89. The van der Waals surface area contributed by atoms with Crippen molar-refractivity contribution >= 4 is 16.5 Å². The highest BCUT2D eigenvalue weighted by atomic mass is 19.4. The number of nitrogens with zero attached hydrogens (tertiary/aromatic N) is 4. The third-order valence-corrected chi connectivity index (χ3v) is 6.12. The molecular formula is C25H21F7N6O3. The minimum absolute atomic E-state index is 0.125. The summed E-state index contributed by atoms with van der Waals surface area (Å²) in [5, 5.41) is 16.3. The lowest BCUT2D eigenvalue weighted by molar-refractivity contribution is -0.138. The number of aliphatic hydroxyl groups is 1. The van der Waals surface area contributed by atoms with E-state index in [2.05, 4.69) is 20.4 Å². The molecule has 2 atom stereocenters. The topological polar surface area (TPSA) is 126 Å². The molecule has 4 aromatic rings. The lowest BCUT2D eigenvalue weighted by atomic mass is 10.1. The van der Waals surface area contributed by atoms with Gasteiger partial charge in [0.25, 0.3) is 17.0 Å². The molecule has 0 amide bonds. The molecule has 41 heavy (non-hydrogen) atoms. The number of aromatic amines is 1. The second-order valence-corrected chi connectivity index (χ2v) is 9.21. The van der Waals surface area contributed by atoms with E-state index in [-0.39, 0.29) is 28.6 Å². The summed E-state index contributed by atoms with van der Waals surface area (Å²) in [5.74, 6) is -4.78. The second-order valence-electron chi connectivity index (χ2n) is 9.21. The Hall–Kier alpha value is -4.34. The van der Waals surface area contributed by atoms with Crippen LogP contribution in [0, 0.1) is 5.82 Å². The summed E-state index contributed by atoms with van der Waals surface area (Å²) in [5.41, 5.74) is -5.22. The predicted molar refractivity (Wildman–Crippen MR) is 133 cm³/mol. The van der Waals surface area contributed by atoms with Crippen LogP contribution < -0.4 is 16.4 Å². The number of fused-ring (bicyclic) bond motifs is 1. The number of halogens is 7. The highest BCUT2D eigenvalue weighted by Crippen LogP contribution is 2.32. The van der Waals surface area contributed by atoms with Crippen LogP contribution in [-0.4, -0.2) is 48.7 Å². The van der Waals surface area contributed by atoms with Crippen LogP contribution in [0.5, 0.6) is 0 Å². The molecule has 0 spiro atoms. The number of hydrogen-bond donors (Lipinski definition) is 3. The van der Waals surface area contributed by atoms with Gasteiger partial charge in [-0.05, 0) is 30.5 Å². The molecule has 2 unspecified atom stereocenters. The average molecular weight is 586 g/mol. The molecule has 0 saturated carbocycles. The third kappa shape index (κ3) is 6.37. The molecule has 0 radical (unpaired) electrons. The molecule has 1 aromatic carbocycles. The number of benzene rings is 1. The molecule has 3 N–H and O–H groups in total. The van der Waals surface area contributed by atoms with Crippen molar-refractivity contribution in [2.24, 2.45) is 0 Å². The molecule has 0 aliphatic rings. The van der Waals surface area contributed by atoms with Crippen LogP contribution in [0.4, 0.5) is 36.4 Å². The number of aromatic nitrogens is 5. The van der Waals surface area contributed by atoms with Crippen LogP contribution in [0.25, 0.3) is 22.2 Å². The van der Waals surface area contributed by atoms with Gasteiger partial charge in [0.1, 0.15) is 24.2 Å². The van der Waals surface area contributed by atoms with E-state index in [9.17, 15) is 40.3 Å². The van der Waals surface area contributed by atoms with Crippen molar-refractivity contribution in [3.8, 4) is 11.4 Å². The molecule has 0 fully saturated rings. The lowest BCUT2D eigenvalue weighted by Crippen LogP contribution is -2.30. The fourth-order valence-corrected chi connectivity index (χ4v) is 4.15. The van der Waals surface area contributed by atoms with E-state index in [1.165, 1.54) is 25.3 Å². The zero-order valence-corrected chi connectivity index (χ0v) is 21.0. The summed E-state index contributed by atoms with van der Waals surface area (Å²) in [4.78, 5) is 32.0. The summed E-state index contributed by atoms with van der Waals surface area (Å²) < 4.78 is 97.6. The van der Waals surface area contributed by atoms with Crippen LogP contribution in [-0.2, 0) is 18.6 Å². The zero-order chi connectivity index (χ0) is 30.1. The van der Waals surface area contributed by atoms with E-state index in [0.717, 1.165) is 29.2 Å². The quantitative estimate of drug-likeness (QED) is 0.253. The number of pyridine rings is 1. The number of rotatable bonds is 9. The fourth-order valence-electron chi connectivity index (χ4n) is 4.15. The number of nitrogens with one attached hydrogen (secondary N) is 2. The van der Waals surface area contributed by atoms with Crippen molar-refractivity contribution in [3.63, 3.8) is 0 Å². The SMILES string of the molecule is CC(CC(F)Cn1ccc2cc(-c3ncc(C(F)(F)CO)cn3)c(F)cc2c1=O)Nc1cn[nH]c(=O)c1C(F)(F)F. The first-order valence-corrected chi connectivity index (χ1v) is 11.9. The van der Waals surface area contributed by atoms with Crippen molar-refractivity contribution in [3.05, 3.63) is 80.6 Å². The summed E-state index contributed by atoms with van der Waals surface area (Å²) in [6.45, 7) is -0.590. The van der Waals surface area contributed by atoms with E-state index in [1.807, 2.05) is 0 Å². The maximum Gasteiger partial charge on any atom is 0.423 e. The van der Waals surface area contributed by atoms with Crippen LogP contribution in [0.15, 0.2) is 52.6 Å². The van der Waals surface area contributed by atoms with Crippen LogP contribution in [0.3, 0.4) is 0 Å². The molecule has 4 rings (SSSR count). The third-order valence-electron chi connectivity index (χ3n) is 6.12. The first kappa shape index (κ1) is 29.6. The Bertz CT molecular complexity index is 1670. The number of anilines is 1. The fraction of sp³-hybridized carbons (Fsp3) is 0.320. The van der Waals surface area contributed by atoms with E-state index >= 15 is 0 Å². The largest absolute Gasteiger partial charge is 0.423 e. The molecule has 218 valence electrons. The molecule has 3 aromatic heterocycles. The Morgan fingerprint density at radius 3 is 2.41 bits per heavy atom. The highest BCUT2D eigenvalue weighted by molar-refractivity contribution is 5.86. The number of aliphatic hydroxyl groups excluding tert-OH is 1. The smallest absolute Gasteiger partial charge is 0.390 e. The number of H-pyrrole nitrogens is 1. The van der Waals surface area contributed by atoms with Gasteiger partial charge >= 0.3 is 6.18 Å². The van der Waals surface area contributed by atoms with E-state index in [0.29, 0.717) is 0 Å². The first-order valence-electron chi connectivity index (χ1n) is 11.9. The zero-order valence-electron chi connectivity index (χ0n) is 21.0. The van der Waals surface area contributed by atoms with Gasteiger partial charge in [-0.25, -0.2) is 23.8 Å². The second kappa shape index (κ2) is 11.3. The van der Waals surface area contributed by atoms with Crippen LogP contribution in [0.2, 0.25) is 0 Å². The van der Waals surface area contributed by atoms with Gasteiger partial charge in [0.2, 0.25) is 0 Å². The maximum atomic E-state index is 14.9. The van der Waals surface area contributed by atoms with Gasteiger partial charge in [-0.3, -0.25) is 9.59 Å². The normalized spacial score (nSPS) is 13.8.